The number of likely N-dealkylation sites (tertiary alicyclic amines) is 2. The highest BCUT2D eigenvalue weighted by Gasteiger charge is 2.43. The smallest absolute Gasteiger partial charge is 0.410 e. The molecule has 3 fully saturated rings. The van der Waals surface area contributed by atoms with Crippen molar-refractivity contribution >= 4 is 12.1 Å². The third-order valence-electron chi connectivity index (χ3n) is 6.54. The van der Waals surface area contributed by atoms with E-state index in [0.717, 1.165) is 76.0 Å². The molecule has 0 radical (unpaired) electrons. The van der Waals surface area contributed by atoms with Crippen LogP contribution in [0.4, 0.5) is 4.79 Å². The predicted molar refractivity (Wildman–Crippen MR) is 101 cm³/mol. The summed E-state index contributed by atoms with van der Waals surface area (Å²) in [5.74, 6) is 0.362. The first-order valence-corrected chi connectivity index (χ1v) is 10.4. The highest BCUT2D eigenvalue weighted by atomic mass is 16.6. The first kappa shape index (κ1) is 18.6. The van der Waals surface area contributed by atoms with Gasteiger partial charge in [-0.05, 0) is 70.6 Å². The van der Waals surface area contributed by atoms with Crippen LogP contribution in [0.5, 0.6) is 0 Å². The Morgan fingerprint density at radius 3 is 2.22 bits per heavy atom. The number of esters is 1. The second-order valence-electron chi connectivity index (χ2n) is 9.67. The van der Waals surface area contributed by atoms with Gasteiger partial charge in [0.2, 0.25) is 0 Å². The Morgan fingerprint density at radius 2 is 1.67 bits per heavy atom. The molecule has 1 spiro atoms. The van der Waals surface area contributed by atoms with E-state index >= 15 is 0 Å². The van der Waals surface area contributed by atoms with Crippen LogP contribution in [-0.2, 0) is 14.3 Å². The molecule has 150 valence electrons. The number of hydrogen-bond donors (Lipinski definition) is 0. The lowest BCUT2D eigenvalue weighted by Crippen LogP contribution is -2.49. The van der Waals surface area contributed by atoms with E-state index in [1.54, 1.807) is 0 Å². The Morgan fingerprint density at radius 1 is 1.07 bits per heavy atom. The van der Waals surface area contributed by atoms with Crippen molar-refractivity contribution in [2.75, 3.05) is 32.8 Å². The van der Waals surface area contributed by atoms with Gasteiger partial charge in [-0.1, -0.05) is 0 Å². The lowest BCUT2D eigenvalue weighted by atomic mass is 9.71. The molecule has 6 heteroatoms. The zero-order valence-corrected chi connectivity index (χ0v) is 16.9. The zero-order chi connectivity index (χ0) is 19.2. The number of rotatable bonds is 2. The number of hydrogen-bond acceptors (Lipinski definition) is 5. The monoisotopic (exact) mass is 376 g/mol. The van der Waals surface area contributed by atoms with Gasteiger partial charge in [-0.25, -0.2) is 9.59 Å². The summed E-state index contributed by atoms with van der Waals surface area (Å²) in [4.78, 5) is 28.6. The fraction of sp³-hybridized carbons (Fsp3) is 0.810. The molecule has 3 heterocycles. The van der Waals surface area contributed by atoms with Crippen molar-refractivity contribution in [3.8, 4) is 0 Å². The summed E-state index contributed by atoms with van der Waals surface area (Å²) < 4.78 is 10.9. The first-order valence-electron chi connectivity index (χ1n) is 10.4. The summed E-state index contributed by atoms with van der Waals surface area (Å²) in [5, 5.41) is 0. The van der Waals surface area contributed by atoms with E-state index < -0.39 is 5.60 Å². The van der Waals surface area contributed by atoms with E-state index in [9.17, 15) is 9.59 Å². The van der Waals surface area contributed by atoms with E-state index in [1.165, 1.54) is 0 Å². The maximum absolute atomic E-state index is 12.3. The van der Waals surface area contributed by atoms with E-state index in [2.05, 4.69) is 4.90 Å². The second kappa shape index (κ2) is 6.71. The van der Waals surface area contributed by atoms with Crippen molar-refractivity contribution in [3.63, 3.8) is 0 Å². The standard InChI is InChI=1S/C21H32N2O4/c1-20(2,3)27-19(25)23-12-8-21(9-13-23)6-10-22(11-7-21)16-14-26-18(24)17(16)15-4-5-15/h15H,4-14H2,1-3H3. The molecule has 0 N–H and O–H groups in total. The zero-order valence-electron chi connectivity index (χ0n) is 16.9. The van der Waals surface area contributed by atoms with Crippen LogP contribution in [0.2, 0.25) is 0 Å². The summed E-state index contributed by atoms with van der Waals surface area (Å²) in [5.41, 5.74) is 2.01. The molecule has 3 aliphatic heterocycles. The molecule has 6 nitrogen and oxygen atoms in total. The largest absolute Gasteiger partial charge is 0.456 e. The Balaban J connectivity index is 1.32. The molecule has 2 saturated heterocycles. The number of amides is 1. The van der Waals surface area contributed by atoms with Crippen molar-refractivity contribution in [3.05, 3.63) is 11.3 Å². The molecule has 1 aliphatic carbocycles. The molecule has 0 atom stereocenters. The lowest BCUT2D eigenvalue weighted by molar-refractivity contribution is -0.136. The molecular formula is C21H32N2O4. The maximum Gasteiger partial charge on any atom is 0.410 e. The number of ether oxygens (including phenoxy) is 2. The van der Waals surface area contributed by atoms with Crippen molar-refractivity contribution in [1.82, 2.24) is 9.80 Å². The molecular weight excluding hydrogens is 344 g/mol. The van der Waals surface area contributed by atoms with Gasteiger partial charge in [0, 0.05) is 26.2 Å². The molecule has 1 amide bonds. The van der Waals surface area contributed by atoms with Crippen LogP contribution >= 0.6 is 0 Å². The SMILES string of the molecule is CC(C)(C)OC(=O)N1CCC2(CC1)CCN(C1=C(C3CC3)C(=O)OC1)CC2. The molecule has 0 aromatic heterocycles. The summed E-state index contributed by atoms with van der Waals surface area (Å²) in [6, 6.07) is 0. The van der Waals surface area contributed by atoms with Crippen LogP contribution in [-0.4, -0.2) is 60.2 Å². The molecule has 27 heavy (non-hydrogen) atoms. The van der Waals surface area contributed by atoms with E-state index in [1.807, 2.05) is 25.7 Å². The fourth-order valence-electron chi connectivity index (χ4n) is 4.68. The normalized spacial score (nSPS) is 25.8. The van der Waals surface area contributed by atoms with Crippen LogP contribution in [0, 0.1) is 11.3 Å². The molecule has 0 aromatic carbocycles. The fourth-order valence-corrected chi connectivity index (χ4v) is 4.68. The van der Waals surface area contributed by atoms with Crippen molar-refractivity contribution < 1.29 is 19.1 Å². The van der Waals surface area contributed by atoms with Crippen LogP contribution < -0.4 is 0 Å². The van der Waals surface area contributed by atoms with Crippen molar-refractivity contribution in [2.45, 2.75) is 64.9 Å². The van der Waals surface area contributed by atoms with Gasteiger partial charge in [0.1, 0.15) is 12.2 Å². The second-order valence-corrected chi connectivity index (χ2v) is 9.67. The van der Waals surface area contributed by atoms with E-state index in [4.69, 9.17) is 9.47 Å². The number of carbonyl (C=O) groups excluding carboxylic acids is 2. The minimum atomic E-state index is -0.439. The summed E-state index contributed by atoms with van der Waals surface area (Å²) in [6.07, 6.45) is 6.43. The molecule has 0 aromatic rings. The van der Waals surface area contributed by atoms with Gasteiger partial charge in [-0.2, -0.15) is 0 Å². The average Bonchev–Trinajstić information content (AvgIpc) is 3.37. The van der Waals surface area contributed by atoms with Gasteiger partial charge in [0.25, 0.3) is 0 Å². The quantitative estimate of drug-likeness (QED) is 0.692. The topological polar surface area (TPSA) is 59.1 Å². The molecule has 0 unspecified atom stereocenters. The molecule has 0 bridgehead atoms. The third-order valence-corrected chi connectivity index (χ3v) is 6.54. The van der Waals surface area contributed by atoms with Crippen molar-refractivity contribution in [2.24, 2.45) is 11.3 Å². The van der Waals surface area contributed by atoms with Gasteiger partial charge in [0.15, 0.2) is 0 Å². The summed E-state index contributed by atoms with van der Waals surface area (Å²) in [7, 11) is 0. The van der Waals surface area contributed by atoms with Gasteiger partial charge in [-0.15, -0.1) is 0 Å². The van der Waals surface area contributed by atoms with E-state index in [0.29, 0.717) is 17.9 Å². The Hall–Kier alpha value is -1.72. The number of piperidine rings is 2. The maximum atomic E-state index is 12.3. The first-order chi connectivity index (χ1) is 12.8. The highest BCUT2D eigenvalue weighted by Crippen LogP contribution is 2.45. The van der Waals surface area contributed by atoms with Gasteiger partial charge < -0.3 is 19.3 Å². The van der Waals surface area contributed by atoms with Crippen LogP contribution in [0.3, 0.4) is 0 Å². The number of nitrogens with zero attached hydrogens (tertiary/aromatic N) is 2. The number of carbonyl (C=O) groups is 2. The summed E-state index contributed by atoms with van der Waals surface area (Å²) in [6.45, 7) is 9.75. The lowest BCUT2D eigenvalue weighted by Gasteiger charge is -2.47. The predicted octanol–water partition coefficient (Wildman–Crippen LogP) is 3.32. The van der Waals surface area contributed by atoms with E-state index in [-0.39, 0.29) is 12.1 Å². The molecule has 1 saturated carbocycles. The molecule has 4 aliphatic rings. The minimum Gasteiger partial charge on any atom is -0.456 e. The Bertz CT molecular complexity index is 642. The Kier molecular flexibility index (Phi) is 4.63. The Labute approximate surface area is 161 Å². The van der Waals surface area contributed by atoms with Crippen LogP contribution in [0.1, 0.15) is 59.3 Å². The van der Waals surface area contributed by atoms with Gasteiger partial charge in [0.05, 0.1) is 11.3 Å². The van der Waals surface area contributed by atoms with Crippen molar-refractivity contribution in [1.29, 1.82) is 0 Å². The van der Waals surface area contributed by atoms with Gasteiger partial charge in [-0.3, -0.25) is 0 Å². The van der Waals surface area contributed by atoms with Gasteiger partial charge >= 0.3 is 12.1 Å². The highest BCUT2D eigenvalue weighted by molar-refractivity contribution is 5.92. The number of cyclic esters (lactones) is 1. The van der Waals surface area contributed by atoms with Crippen LogP contribution in [0.25, 0.3) is 0 Å². The summed E-state index contributed by atoms with van der Waals surface area (Å²) >= 11 is 0. The minimum absolute atomic E-state index is 0.0848. The average molecular weight is 376 g/mol. The third kappa shape index (κ3) is 3.94. The molecule has 4 rings (SSSR count). The van der Waals surface area contributed by atoms with Crippen LogP contribution in [0.15, 0.2) is 11.3 Å².